The molecule has 0 radical (unpaired) electrons. The van der Waals surface area contributed by atoms with Gasteiger partial charge in [-0.15, -0.1) is 0 Å². The Labute approximate surface area is 108 Å². The second kappa shape index (κ2) is 5.71. The SMILES string of the molecule is O=Cc1ccc(NCCc2ncn[nH]2)c([N+](=O)[O-])c1. The van der Waals surface area contributed by atoms with Crippen molar-refractivity contribution in [3.8, 4) is 0 Å². The van der Waals surface area contributed by atoms with E-state index in [-0.39, 0.29) is 11.3 Å². The number of anilines is 1. The largest absolute Gasteiger partial charge is 0.379 e. The summed E-state index contributed by atoms with van der Waals surface area (Å²) in [7, 11) is 0. The van der Waals surface area contributed by atoms with E-state index in [1.807, 2.05) is 0 Å². The number of rotatable bonds is 6. The Balaban J connectivity index is 2.06. The minimum Gasteiger partial charge on any atom is -0.379 e. The van der Waals surface area contributed by atoms with Crippen molar-refractivity contribution in [2.75, 3.05) is 11.9 Å². The molecule has 0 aliphatic rings. The van der Waals surface area contributed by atoms with Crippen LogP contribution >= 0.6 is 0 Å². The molecule has 2 N–H and O–H groups in total. The van der Waals surface area contributed by atoms with Crippen LogP contribution in [0, 0.1) is 10.1 Å². The van der Waals surface area contributed by atoms with Gasteiger partial charge in [-0.05, 0) is 12.1 Å². The van der Waals surface area contributed by atoms with Gasteiger partial charge in [0, 0.05) is 24.6 Å². The molecule has 0 unspecified atom stereocenters. The van der Waals surface area contributed by atoms with Gasteiger partial charge < -0.3 is 5.32 Å². The van der Waals surface area contributed by atoms with Gasteiger partial charge in [-0.3, -0.25) is 20.0 Å². The molecule has 0 bridgehead atoms. The molecule has 0 aliphatic carbocycles. The van der Waals surface area contributed by atoms with Crippen LogP contribution in [-0.2, 0) is 6.42 Å². The van der Waals surface area contributed by atoms with Gasteiger partial charge in [-0.25, -0.2) is 4.98 Å². The number of aromatic amines is 1. The molecule has 0 saturated carbocycles. The molecular formula is C11H11N5O3. The Hall–Kier alpha value is -2.77. The van der Waals surface area contributed by atoms with Gasteiger partial charge in [0.2, 0.25) is 0 Å². The molecule has 0 saturated heterocycles. The maximum absolute atomic E-state index is 10.9. The lowest BCUT2D eigenvalue weighted by molar-refractivity contribution is -0.384. The van der Waals surface area contributed by atoms with Crippen LogP contribution in [0.25, 0.3) is 0 Å². The fraction of sp³-hybridized carbons (Fsp3) is 0.182. The van der Waals surface area contributed by atoms with E-state index in [9.17, 15) is 14.9 Å². The van der Waals surface area contributed by atoms with E-state index < -0.39 is 4.92 Å². The predicted octanol–water partition coefficient (Wildman–Crippen LogP) is 1.18. The van der Waals surface area contributed by atoms with Crippen molar-refractivity contribution in [1.29, 1.82) is 0 Å². The summed E-state index contributed by atoms with van der Waals surface area (Å²) >= 11 is 0. The molecule has 1 aromatic heterocycles. The Kier molecular flexibility index (Phi) is 3.81. The zero-order valence-corrected chi connectivity index (χ0v) is 9.87. The number of nitro benzene ring substituents is 1. The molecule has 8 nitrogen and oxygen atoms in total. The van der Waals surface area contributed by atoms with Crippen LogP contribution in [0.1, 0.15) is 16.2 Å². The van der Waals surface area contributed by atoms with Gasteiger partial charge in [0.05, 0.1) is 4.92 Å². The molecule has 0 aliphatic heterocycles. The number of carbonyl (C=O) groups is 1. The standard InChI is InChI=1S/C11H11N5O3/c17-6-8-1-2-9(10(5-8)16(18)19)12-4-3-11-13-7-14-15-11/h1-2,5-7,12H,3-4H2,(H,13,14,15). The van der Waals surface area contributed by atoms with E-state index in [2.05, 4.69) is 20.5 Å². The number of hydrogen-bond acceptors (Lipinski definition) is 6. The highest BCUT2D eigenvalue weighted by Crippen LogP contribution is 2.24. The molecule has 0 fully saturated rings. The van der Waals surface area contributed by atoms with Gasteiger partial charge in [0.15, 0.2) is 0 Å². The molecule has 0 amide bonds. The van der Waals surface area contributed by atoms with E-state index >= 15 is 0 Å². The zero-order valence-electron chi connectivity index (χ0n) is 9.87. The summed E-state index contributed by atoms with van der Waals surface area (Å²) in [6.45, 7) is 0.469. The van der Waals surface area contributed by atoms with Gasteiger partial charge in [0.1, 0.15) is 24.1 Å². The predicted molar refractivity (Wildman–Crippen MR) is 67.1 cm³/mol. The fourth-order valence-electron chi connectivity index (χ4n) is 1.59. The Morgan fingerprint density at radius 3 is 2.95 bits per heavy atom. The average Bonchev–Trinajstić information content (AvgIpc) is 2.92. The number of nitrogens with zero attached hydrogens (tertiary/aromatic N) is 3. The molecule has 8 heteroatoms. The molecule has 19 heavy (non-hydrogen) atoms. The second-order valence-corrected chi connectivity index (χ2v) is 3.76. The molecule has 0 atom stereocenters. The molecule has 0 spiro atoms. The number of H-pyrrole nitrogens is 1. The first kappa shape index (κ1) is 12.7. The number of carbonyl (C=O) groups excluding carboxylic acids is 1. The smallest absolute Gasteiger partial charge is 0.293 e. The molecule has 2 rings (SSSR count). The summed E-state index contributed by atoms with van der Waals surface area (Å²) in [5, 5.41) is 20.2. The van der Waals surface area contributed by atoms with Gasteiger partial charge in [-0.1, -0.05) is 0 Å². The average molecular weight is 261 g/mol. The van der Waals surface area contributed by atoms with Crippen molar-refractivity contribution >= 4 is 17.7 Å². The number of aldehydes is 1. The molecule has 2 aromatic rings. The van der Waals surface area contributed by atoms with Gasteiger partial charge in [-0.2, -0.15) is 5.10 Å². The monoisotopic (exact) mass is 261 g/mol. The molecule has 1 heterocycles. The first-order chi connectivity index (χ1) is 9.20. The maximum atomic E-state index is 10.9. The number of hydrogen-bond donors (Lipinski definition) is 2. The van der Waals surface area contributed by atoms with Crippen LogP contribution in [-0.4, -0.2) is 32.9 Å². The van der Waals surface area contributed by atoms with Crippen LogP contribution < -0.4 is 5.32 Å². The minimum absolute atomic E-state index is 0.123. The Morgan fingerprint density at radius 1 is 1.47 bits per heavy atom. The van der Waals surface area contributed by atoms with Crippen LogP contribution in [0.5, 0.6) is 0 Å². The number of benzene rings is 1. The number of nitrogens with one attached hydrogen (secondary N) is 2. The Morgan fingerprint density at radius 2 is 2.32 bits per heavy atom. The summed E-state index contributed by atoms with van der Waals surface area (Å²) in [4.78, 5) is 24.9. The fourth-order valence-corrected chi connectivity index (χ4v) is 1.59. The van der Waals surface area contributed by atoms with Crippen LogP contribution in [0.4, 0.5) is 11.4 Å². The molecular weight excluding hydrogens is 250 g/mol. The third-order valence-electron chi connectivity index (χ3n) is 2.50. The van der Waals surface area contributed by atoms with Crippen molar-refractivity contribution in [1.82, 2.24) is 15.2 Å². The van der Waals surface area contributed by atoms with Gasteiger partial charge in [0.25, 0.3) is 5.69 Å². The number of aromatic nitrogens is 3. The summed E-state index contributed by atoms with van der Waals surface area (Å²) in [5.41, 5.74) is 0.518. The lowest BCUT2D eigenvalue weighted by Gasteiger charge is -2.06. The molecule has 1 aromatic carbocycles. The first-order valence-corrected chi connectivity index (χ1v) is 5.52. The topological polar surface area (TPSA) is 114 Å². The normalized spacial score (nSPS) is 10.1. The summed E-state index contributed by atoms with van der Waals surface area (Å²) in [6, 6.07) is 4.28. The maximum Gasteiger partial charge on any atom is 0.293 e. The van der Waals surface area contributed by atoms with Crippen molar-refractivity contribution in [2.45, 2.75) is 6.42 Å². The third-order valence-corrected chi connectivity index (χ3v) is 2.50. The van der Waals surface area contributed by atoms with E-state index in [1.54, 1.807) is 0 Å². The van der Waals surface area contributed by atoms with Crippen molar-refractivity contribution < 1.29 is 9.72 Å². The van der Waals surface area contributed by atoms with Crippen molar-refractivity contribution in [2.24, 2.45) is 0 Å². The van der Waals surface area contributed by atoms with Gasteiger partial charge >= 0.3 is 0 Å². The summed E-state index contributed by atoms with van der Waals surface area (Å²) in [5.74, 6) is 0.694. The van der Waals surface area contributed by atoms with E-state index in [1.165, 1.54) is 24.5 Å². The highest BCUT2D eigenvalue weighted by molar-refractivity contribution is 5.79. The van der Waals surface area contributed by atoms with Crippen LogP contribution in [0.2, 0.25) is 0 Å². The summed E-state index contributed by atoms with van der Waals surface area (Å²) in [6.07, 6.45) is 2.54. The minimum atomic E-state index is -0.524. The van der Waals surface area contributed by atoms with E-state index in [0.29, 0.717) is 30.8 Å². The van der Waals surface area contributed by atoms with Crippen molar-refractivity contribution in [3.05, 3.63) is 46.0 Å². The van der Waals surface area contributed by atoms with Crippen LogP contribution in [0.3, 0.4) is 0 Å². The van der Waals surface area contributed by atoms with E-state index in [0.717, 1.165) is 0 Å². The third kappa shape index (κ3) is 3.12. The van der Waals surface area contributed by atoms with Crippen LogP contribution in [0.15, 0.2) is 24.5 Å². The second-order valence-electron chi connectivity index (χ2n) is 3.76. The number of nitro groups is 1. The first-order valence-electron chi connectivity index (χ1n) is 5.52. The Bertz CT molecular complexity index is 582. The quantitative estimate of drug-likeness (QED) is 0.458. The summed E-state index contributed by atoms with van der Waals surface area (Å²) < 4.78 is 0. The highest BCUT2D eigenvalue weighted by atomic mass is 16.6. The van der Waals surface area contributed by atoms with Crippen molar-refractivity contribution in [3.63, 3.8) is 0 Å². The zero-order chi connectivity index (χ0) is 13.7. The lowest BCUT2D eigenvalue weighted by Crippen LogP contribution is -2.08. The molecule has 98 valence electrons. The highest BCUT2D eigenvalue weighted by Gasteiger charge is 2.14. The lowest BCUT2D eigenvalue weighted by atomic mass is 10.2. The van der Waals surface area contributed by atoms with E-state index in [4.69, 9.17) is 0 Å².